The van der Waals surface area contributed by atoms with Crippen molar-refractivity contribution in [1.82, 2.24) is 0 Å². The van der Waals surface area contributed by atoms with Crippen molar-refractivity contribution >= 4 is 23.1 Å². The number of nitrogens with zero attached hydrogens (tertiary/aromatic N) is 1. The van der Waals surface area contributed by atoms with E-state index in [1.165, 1.54) is 12.0 Å². The largest absolute Gasteiger partial charge is 0.507 e. The summed E-state index contributed by atoms with van der Waals surface area (Å²) >= 11 is 0. The lowest BCUT2D eigenvalue weighted by Gasteiger charge is -2.26. The number of benzene rings is 3. The Labute approximate surface area is 216 Å². The molecule has 0 aromatic heterocycles. The number of aryl methyl sites for hydroxylation is 1. The van der Waals surface area contributed by atoms with Gasteiger partial charge in [-0.15, -0.1) is 0 Å². The number of ketones is 1. The fourth-order valence-electron chi connectivity index (χ4n) is 4.45. The van der Waals surface area contributed by atoms with Crippen LogP contribution < -0.4 is 19.1 Å². The molecular formula is C30H31NO6. The van der Waals surface area contributed by atoms with Gasteiger partial charge in [0.15, 0.2) is 0 Å². The van der Waals surface area contributed by atoms with E-state index >= 15 is 0 Å². The molecule has 1 heterocycles. The number of ether oxygens (including phenoxy) is 3. The molecule has 3 aromatic rings. The number of Topliss-reactive ketones (excluding diaryl/α,β-unsaturated/α-hetero) is 1. The molecule has 1 fully saturated rings. The van der Waals surface area contributed by atoms with Crippen LogP contribution in [0.2, 0.25) is 0 Å². The zero-order valence-electron chi connectivity index (χ0n) is 21.6. The van der Waals surface area contributed by atoms with Crippen LogP contribution in [0.3, 0.4) is 0 Å². The van der Waals surface area contributed by atoms with Crippen molar-refractivity contribution in [1.29, 1.82) is 0 Å². The highest BCUT2D eigenvalue weighted by Gasteiger charge is 2.47. The van der Waals surface area contributed by atoms with Crippen LogP contribution in [0.25, 0.3) is 5.76 Å². The summed E-state index contributed by atoms with van der Waals surface area (Å²) in [6.45, 7) is 8.13. The van der Waals surface area contributed by atoms with Crippen molar-refractivity contribution in [3.8, 4) is 17.2 Å². The van der Waals surface area contributed by atoms with E-state index in [0.29, 0.717) is 40.7 Å². The van der Waals surface area contributed by atoms with Crippen molar-refractivity contribution in [2.24, 2.45) is 0 Å². The first kappa shape index (κ1) is 25.8. The summed E-state index contributed by atoms with van der Waals surface area (Å²) in [6.07, 6.45) is -0.00355. The molecule has 1 amide bonds. The first-order valence-corrected chi connectivity index (χ1v) is 12.2. The number of carbonyl (C=O) groups is 2. The molecule has 0 radical (unpaired) electrons. The van der Waals surface area contributed by atoms with E-state index in [1.54, 1.807) is 66.7 Å². The van der Waals surface area contributed by atoms with Crippen LogP contribution in [-0.4, -0.2) is 36.6 Å². The molecule has 1 atom stereocenters. The van der Waals surface area contributed by atoms with E-state index in [4.69, 9.17) is 14.2 Å². The monoisotopic (exact) mass is 501 g/mol. The number of methoxy groups -OCH3 is 1. The zero-order valence-corrected chi connectivity index (χ0v) is 21.6. The maximum Gasteiger partial charge on any atom is 0.300 e. The topological polar surface area (TPSA) is 85.3 Å². The van der Waals surface area contributed by atoms with Gasteiger partial charge in [-0.05, 0) is 81.3 Å². The Morgan fingerprint density at radius 3 is 2.35 bits per heavy atom. The third kappa shape index (κ3) is 5.16. The molecule has 1 saturated heterocycles. The lowest BCUT2D eigenvalue weighted by Crippen LogP contribution is -2.29. The molecule has 37 heavy (non-hydrogen) atoms. The highest BCUT2D eigenvalue weighted by atomic mass is 16.5. The molecule has 0 saturated carbocycles. The number of hydrogen-bond donors (Lipinski definition) is 1. The van der Waals surface area contributed by atoms with Gasteiger partial charge in [0.25, 0.3) is 11.7 Å². The summed E-state index contributed by atoms with van der Waals surface area (Å²) < 4.78 is 16.7. The highest BCUT2D eigenvalue weighted by molar-refractivity contribution is 6.51. The number of amides is 1. The molecule has 7 nitrogen and oxygen atoms in total. The van der Waals surface area contributed by atoms with E-state index < -0.39 is 17.7 Å². The molecule has 1 N–H and O–H groups in total. The molecule has 1 aliphatic heterocycles. The van der Waals surface area contributed by atoms with E-state index in [1.807, 2.05) is 27.7 Å². The number of anilines is 1. The Hall–Kier alpha value is -4.26. The highest BCUT2D eigenvalue weighted by Crippen LogP contribution is 2.43. The number of carbonyl (C=O) groups excluding carboxylic acids is 2. The van der Waals surface area contributed by atoms with Gasteiger partial charge >= 0.3 is 0 Å². The number of rotatable bonds is 8. The Balaban J connectivity index is 1.88. The van der Waals surface area contributed by atoms with Gasteiger partial charge in [-0.2, -0.15) is 0 Å². The molecule has 0 spiro atoms. The van der Waals surface area contributed by atoms with Crippen LogP contribution in [0.1, 0.15) is 43.5 Å². The minimum Gasteiger partial charge on any atom is -0.507 e. The fourth-order valence-corrected chi connectivity index (χ4v) is 4.45. The number of aliphatic hydroxyl groups excluding tert-OH is 1. The van der Waals surface area contributed by atoms with E-state index in [0.717, 1.165) is 5.56 Å². The van der Waals surface area contributed by atoms with Gasteiger partial charge in [0.1, 0.15) is 23.0 Å². The molecule has 1 unspecified atom stereocenters. The van der Waals surface area contributed by atoms with Gasteiger partial charge in [-0.3, -0.25) is 14.5 Å². The number of hydrogen-bond acceptors (Lipinski definition) is 6. The molecule has 3 aromatic carbocycles. The second-order valence-corrected chi connectivity index (χ2v) is 9.02. The van der Waals surface area contributed by atoms with Crippen LogP contribution in [0, 0.1) is 6.92 Å². The van der Waals surface area contributed by atoms with E-state index in [2.05, 4.69) is 0 Å². The summed E-state index contributed by atoms with van der Waals surface area (Å²) in [4.78, 5) is 28.2. The van der Waals surface area contributed by atoms with Crippen LogP contribution in [0.4, 0.5) is 5.69 Å². The first-order chi connectivity index (χ1) is 17.7. The van der Waals surface area contributed by atoms with E-state index in [-0.39, 0.29) is 17.4 Å². The minimum absolute atomic E-state index is 0.00355. The predicted molar refractivity (Wildman–Crippen MR) is 142 cm³/mol. The minimum atomic E-state index is -0.855. The standard InChI is InChI=1S/C30H31NO6/c1-6-36-25-15-12-21(16-19(25)4)28(32)26-27(20-10-13-23(14-11-20)37-18(2)3)31(30(34)29(26)33)22-8-7-9-24(17-22)35-5/h7-18,27,32H,6H2,1-5H3/b28-26+. The maximum atomic E-state index is 13.4. The van der Waals surface area contributed by atoms with Crippen LogP contribution in [0.5, 0.6) is 17.2 Å². The summed E-state index contributed by atoms with van der Waals surface area (Å²) in [5, 5.41) is 11.4. The second-order valence-electron chi connectivity index (χ2n) is 9.02. The molecule has 4 rings (SSSR count). The van der Waals surface area contributed by atoms with Gasteiger partial charge in [0.2, 0.25) is 0 Å². The second kappa shape index (κ2) is 10.8. The van der Waals surface area contributed by atoms with Gasteiger partial charge in [0.05, 0.1) is 31.4 Å². The van der Waals surface area contributed by atoms with Gasteiger partial charge in [-0.25, -0.2) is 0 Å². The van der Waals surface area contributed by atoms with Crippen molar-refractivity contribution in [2.75, 3.05) is 18.6 Å². The van der Waals surface area contributed by atoms with Crippen LogP contribution >= 0.6 is 0 Å². The third-order valence-electron chi connectivity index (χ3n) is 6.09. The average molecular weight is 502 g/mol. The molecule has 0 bridgehead atoms. The lowest BCUT2D eigenvalue weighted by molar-refractivity contribution is -0.132. The van der Waals surface area contributed by atoms with Crippen molar-refractivity contribution < 1.29 is 28.9 Å². The van der Waals surface area contributed by atoms with Crippen molar-refractivity contribution in [2.45, 2.75) is 39.8 Å². The smallest absolute Gasteiger partial charge is 0.300 e. The Morgan fingerprint density at radius 2 is 1.73 bits per heavy atom. The Morgan fingerprint density at radius 1 is 1.00 bits per heavy atom. The predicted octanol–water partition coefficient (Wildman–Crippen LogP) is 5.82. The summed E-state index contributed by atoms with van der Waals surface area (Å²) in [7, 11) is 1.53. The van der Waals surface area contributed by atoms with E-state index in [9.17, 15) is 14.7 Å². The maximum absolute atomic E-state index is 13.4. The third-order valence-corrected chi connectivity index (χ3v) is 6.09. The first-order valence-electron chi connectivity index (χ1n) is 12.2. The molecule has 192 valence electrons. The Bertz CT molecular complexity index is 1340. The SMILES string of the molecule is CCOc1ccc(/C(O)=C2\C(=O)C(=O)N(c3cccc(OC)c3)C2c2ccc(OC(C)C)cc2)cc1C. The molecule has 1 aliphatic rings. The summed E-state index contributed by atoms with van der Waals surface area (Å²) in [6, 6.07) is 18.5. The van der Waals surface area contributed by atoms with Crippen molar-refractivity contribution in [3.05, 3.63) is 89.0 Å². The normalized spacial score (nSPS) is 16.8. The van der Waals surface area contributed by atoms with Gasteiger partial charge in [0, 0.05) is 17.3 Å². The van der Waals surface area contributed by atoms with Gasteiger partial charge < -0.3 is 19.3 Å². The summed E-state index contributed by atoms with van der Waals surface area (Å²) in [5.74, 6) is 0.153. The summed E-state index contributed by atoms with van der Waals surface area (Å²) in [5.41, 5.74) is 2.38. The van der Waals surface area contributed by atoms with Crippen LogP contribution in [0.15, 0.2) is 72.3 Å². The molecule has 7 heteroatoms. The molecular weight excluding hydrogens is 470 g/mol. The van der Waals surface area contributed by atoms with Crippen molar-refractivity contribution in [3.63, 3.8) is 0 Å². The average Bonchev–Trinajstić information content (AvgIpc) is 3.15. The van der Waals surface area contributed by atoms with Gasteiger partial charge in [-0.1, -0.05) is 18.2 Å². The van der Waals surface area contributed by atoms with Crippen LogP contribution in [-0.2, 0) is 9.59 Å². The zero-order chi connectivity index (χ0) is 26.7. The quantitative estimate of drug-likeness (QED) is 0.238. The Kier molecular flexibility index (Phi) is 7.53. The number of aliphatic hydroxyl groups is 1. The molecule has 0 aliphatic carbocycles. The fraction of sp³-hybridized carbons (Fsp3) is 0.267. The lowest BCUT2D eigenvalue weighted by atomic mass is 9.94.